The summed E-state index contributed by atoms with van der Waals surface area (Å²) in [5.74, 6) is 0.142. The number of rotatable bonds is 5. The van der Waals surface area contributed by atoms with Crippen LogP contribution in [0.25, 0.3) is 10.9 Å². The van der Waals surface area contributed by atoms with Crippen molar-refractivity contribution in [2.24, 2.45) is 0 Å². The van der Waals surface area contributed by atoms with Crippen molar-refractivity contribution in [2.45, 2.75) is 6.61 Å². The van der Waals surface area contributed by atoms with Gasteiger partial charge in [-0.3, -0.25) is 20.4 Å². The highest BCUT2D eigenvalue weighted by Crippen LogP contribution is 2.14. The molecule has 0 aliphatic rings. The van der Waals surface area contributed by atoms with Crippen LogP contribution in [0.3, 0.4) is 0 Å². The van der Waals surface area contributed by atoms with E-state index in [1.165, 1.54) is 6.07 Å². The van der Waals surface area contributed by atoms with Crippen molar-refractivity contribution in [1.82, 2.24) is 15.8 Å². The van der Waals surface area contributed by atoms with Crippen molar-refractivity contribution in [3.63, 3.8) is 0 Å². The number of hydrogen-bond donors (Lipinski definition) is 2. The molecule has 0 unspecified atom stereocenters. The Bertz CT molecular complexity index is 1150. The molecule has 4 rings (SSSR count). The summed E-state index contributed by atoms with van der Waals surface area (Å²) in [6, 6.07) is 23.3. The maximum atomic E-state index is 12.2. The lowest BCUT2D eigenvalue weighted by molar-refractivity contribution is 0.0826. The second-order valence-corrected chi connectivity index (χ2v) is 6.17. The van der Waals surface area contributed by atoms with Crippen LogP contribution in [-0.4, -0.2) is 16.8 Å². The van der Waals surface area contributed by atoms with E-state index in [1.807, 2.05) is 54.6 Å². The molecule has 7 heteroatoms. The molecule has 4 aromatic rings. The van der Waals surface area contributed by atoms with Crippen molar-refractivity contribution in [3.8, 4) is 5.75 Å². The van der Waals surface area contributed by atoms with Crippen LogP contribution in [0.5, 0.6) is 5.75 Å². The van der Waals surface area contributed by atoms with Gasteiger partial charge in [-0.2, -0.15) is 0 Å². The molecule has 2 amide bonds. The Kier molecular flexibility index (Phi) is 5.20. The van der Waals surface area contributed by atoms with Crippen LogP contribution < -0.4 is 15.6 Å². The number of hydrazine groups is 1. The van der Waals surface area contributed by atoms with Gasteiger partial charge in [0.05, 0.1) is 5.52 Å². The SMILES string of the molecule is O=C(NNC(=O)c1ccc(COc2ccccc2)o1)c1ccc2ccccc2n1. The lowest BCUT2D eigenvalue weighted by atomic mass is 10.2. The minimum atomic E-state index is -0.579. The predicted molar refractivity (Wildman–Crippen MR) is 106 cm³/mol. The highest BCUT2D eigenvalue weighted by molar-refractivity contribution is 5.98. The summed E-state index contributed by atoms with van der Waals surface area (Å²) >= 11 is 0. The Morgan fingerprint density at radius 1 is 0.828 bits per heavy atom. The molecule has 2 N–H and O–H groups in total. The van der Waals surface area contributed by atoms with Crippen molar-refractivity contribution in [1.29, 1.82) is 0 Å². The van der Waals surface area contributed by atoms with Gasteiger partial charge in [-0.1, -0.05) is 42.5 Å². The highest BCUT2D eigenvalue weighted by atomic mass is 16.5. The van der Waals surface area contributed by atoms with Gasteiger partial charge in [0.1, 0.15) is 23.8 Å². The van der Waals surface area contributed by atoms with Crippen molar-refractivity contribution in [3.05, 3.63) is 96.1 Å². The van der Waals surface area contributed by atoms with Gasteiger partial charge in [-0.25, -0.2) is 4.98 Å². The van der Waals surface area contributed by atoms with E-state index < -0.39 is 11.8 Å². The van der Waals surface area contributed by atoms with E-state index >= 15 is 0 Å². The Hall–Kier alpha value is -4.13. The Morgan fingerprint density at radius 2 is 1.59 bits per heavy atom. The molecule has 2 aromatic carbocycles. The molecule has 2 aromatic heterocycles. The molecule has 0 radical (unpaired) electrons. The van der Waals surface area contributed by atoms with Gasteiger partial charge < -0.3 is 9.15 Å². The van der Waals surface area contributed by atoms with Crippen LogP contribution in [0.15, 0.2) is 83.3 Å². The lowest BCUT2D eigenvalue weighted by Gasteiger charge is -2.06. The number of ether oxygens (including phenoxy) is 1. The van der Waals surface area contributed by atoms with E-state index in [-0.39, 0.29) is 18.1 Å². The Morgan fingerprint density at radius 3 is 2.45 bits per heavy atom. The van der Waals surface area contributed by atoms with E-state index in [0.29, 0.717) is 17.0 Å². The number of hydrogen-bond acceptors (Lipinski definition) is 5. The van der Waals surface area contributed by atoms with Crippen LogP contribution in [0, 0.1) is 0 Å². The van der Waals surface area contributed by atoms with Crippen LogP contribution in [0.2, 0.25) is 0 Å². The van der Waals surface area contributed by atoms with Gasteiger partial charge in [-0.05, 0) is 36.4 Å². The normalized spacial score (nSPS) is 10.5. The third-order valence-corrected chi connectivity index (χ3v) is 4.13. The largest absolute Gasteiger partial charge is 0.486 e. The van der Waals surface area contributed by atoms with Gasteiger partial charge in [-0.15, -0.1) is 0 Å². The topological polar surface area (TPSA) is 93.5 Å². The lowest BCUT2D eigenvalue weighted by Crippen LogP contribution is -2.41. The molecule has 144 valence electrons. The smallest absolute Gasteiger partial charge is 0.305 e. The second-order valence-electron chi connectivity index (χ2n) is 6.17. The van der Waals surface area contributed by atoms with Gasteiger partial charge in [0, 0.05) is 5.39 Å². The minimum Gasteiger partial charge on any atom is -0.486 e. The van der Waals surface area contributed by atoms with E-state index in [1.54, 1.807) is 18.2 Å². The molecule has 29 heavy (non-hydrogen) atoms. The molecule has 0 saturated heterocycles. The number of pyridine rings is 1. The second kappa shape index (κ2) is 8.26. The van der Waals surface area contributed by atoms with E-state index in [9.17, 15) is 9.59 Å². The molecule has 0 bridgehead atoms. The van der Waals surface area contributed by atoms with E-state index in [4.69, 9.17) is 9.15 Å². The van der Waals surface area contributed by atoms with Gasteiger partial charge in [0.15, 0.2) is 5.76 Å². The predicted octanol–water partition coefficient (Wildman–Crippen LogP) is 3.48. The number of carbonyl (C=O) groups is 2. The first-order valence-electron chi connectivity index (χ1n) is 8.92. The van der Waals surface area contributed by atoms with Gasteiger partial charge in [0.25, 0.3) is 5.91 Å². The first-order valence-corrected chi connectivity index (χ1v) is 8.92. The molecule has 2 heterocycles. The number of aromatic nitrogens is 1. The van der Waals surface area contributed by atoms with Crippen molar-refractivity contribution < 1.29 is 18.7 Å². The van der Waals surface area contributed by atoms with E-state index in [2.05, 4.69) is 15.8 Å². The first-order chi connectivity index (χ1) is 14.2. The molecule has 0 atom stereocenters. The number of fused-ring (bicyclic) bond motifs is 1. The molecule has 0 saturated carbocycles. The first kappa shape index (κ1) is 18.2. The van der Waals surface area contributed by atoms with Crippen LogP contribution >= 0.6 is 0 Å². The fourth-order valence-electron chi connectivity index (χ4n) is 2.68. The van der Waals surface area contributed by atoms with Crippen molar-refractivity contribution in [2.75, 3.05) is 0 Å². The average Bonchev–Trinajstić information content (AvgIpc) is 3.25. The third-order valence-electron chi connectivity index (χ3n) is 4.13. The molecular formula is C22H17N3O4. The average molecular weight is 387 g/mol. The number of nitrogens with zero attached hydrogens (tertiary/aromatic N) is 1. The number of benzene rings is 2. The number of nitrogens with one attached hydrogen (secondary N) is 2. The zero-order valence-electron chi connectivity index (χ0n) is 15.3. The van der Waals surface area contributed by atoms with Gasteiger partial charge >= 0.3 is 5.91 Å². The Balaban J connectivity index is 1.33. The van der Waals surface area contributed by atoms with Crippen LogP contribution in [0.1, 0.15) is 26.8 Å². The molecule has 0 spiro atoms. The monoisotopic (exact) mass is 387 g/mol. The molecule has 0 aliphatic heterocycles. The fourth-order valence-corrected chi connectivity index (χ4v) is 2.68. The fraction of sp³-hybridized carbons (Fsp3) is 0.0455. The summed E-state index contributed by atoms with van der Waals surface area (Å²) < 4.78 is 11.0. The van der Waals surface area contributed by atoms with Gasteiger partial charge in [0.2, 0.25) is 0 Å². The minimum absolute atomic E-state index is 0.0587. The summed E-state index contributed by atoms with van der Waals surface area (Å²) in [7, 11) is 0. The zero-order chi connectivity index (χ0) is 20.1. The van der Waals surface area contributed by atoms with Crippen LogP contribution in [-0.2, 0) is 6.61 Å². The van der Waals surface area contributed by atoms with Crippen molar-refractivity contribution >= 4 is 22.7 Å². The molecule has 7 nitrogen and oxygen atoms in total. The summed E-state index contributed by atoms with van der Waals surface area (Å²) in [6.45, 7) is 0.185. The van der Waals surface area contributed by atoms with E-state index in [0.717, 1.165) is 5.39 Å². The number of furan rings is 1. The molecule has 0 fully saturated rings. The maximum absolute atomic E-state index is 12.2. The quantitative estimate of drug-likeness (QED) is 0.512. The standard InChI is InChI=1S/C22H17N3O4/c26-21(19-12-10-15-6-4-5-9-18(15)23-19)24-25-22(27)20-13-11-17(29-20)14-28-16-7-2-1-3-8-16/h1-13H,14H2,(H,24,26)(H,25,27). The third kappa shape index (κ3) is 4.41. The number of para-hydroxylation sites is 2. The summed E-state index contributed by atoms with van der Waals surface area (Å²) in [4.78, 5) is 28.7. The molecular weight excluding hydrogens is 370 g/mol. The molecule has 0 aliphatic carbocycles. The summed E-state index contributed by atoms with van der Waals surface area (Å²) in [5, 5.41) is 0.925. The maximum Gasteiger partial charge on any atom is 0.305 e. The number of amides is 2. The highest BCUT2D eigenvalue weighted by Gasteiger charge is 2.14. The number of carbonyl (C=O) groups excluding carboxylic acids is 2. The summed E-state index contributed by atoms with van der Waals surface area (Å²) in [6.07, 6.45) is 0. The Labute approximate surface area is 166 Å². The van der Waals surface area contributed by atoms with Crippen LogP contribution in [0.4, 0.5) is 0 Å². The summed E-state index contributed by atoms with van der Waals surface area (Å²) in [5.41, 5.74) is 5.55. The zero-order valence-corrected chi connectivity index (χ0v) is 15.3.